The van der Waals surface area contributed by atoms with Crippen molar-refractivity contribution in [3.05, 3.63) is 0 Å². The molecular formula is C8H19ClN2. The van der Waals surface area contributed by atoms with Gasteiger partial charge in [-0.25, -0.2) is 0 Å². The maximum Gasteiger partial charge on any atom is 0.0757 e. The normalized spacial score (nSPS) is 21.8. The monoisotopic (exact) mass is 178 g/mol. The second kappa shape index (κ2) is 8.31. The summed E-state index contributed by atoms with van der Waals surface area (Å²) < 4.78 is 0. The molecule has 0 atom stereocenters. The van der Waals surface area contributed by atoms with Crippen LogP contribution in [0.1, 0.15) is 25.7 Å². The van der Waals surface area contributed by atoms with Gasteiger partial charge in [0, 0.05) is 12.8 Å². The number of rotatable bonds is 0. The van der Waals surface area contributed by atoms with E-state index in [0.29, 0.717) is 0 Å². The molecule has 0 spiro atoms. The number of hydrogen-bond acceptors (Lipinski definition) is 1. The van der Waals surface area contributed by atoms with Crippen molar-refractivity contribution in [1.82, 2.24) is 5.32 Å². The summed E-state index contributed by atoms with van der Waals surface area (Å²) in [5.74, 6) is 0. The van der Waals surface area contributed by atoms with Crippen LogP contribution in [0.25, 0.3) is 0 Å². The van der Waals surface area contributed by atoms with Crippen LogP contribution in [0.4, 0.5) is 0 Å². The molecule has 0 saturated carbocycles. The summed E-state index contributed by atoms with van der Waals surface area (Å²) in [6.45, 7) is 5.25. The molecule has 2 aliphatic rings. The molecule has 0 bridgehead atoms. The highest BCUT2D eigenvalue weighted by Gasteiger charge is 1.97. The summed E-state index contributed by atoms with van der Waals surface area (Å²) in [4.78, 5) is 0. The molecule has 0 aromatic carbocycles. The first kappa shape index (κ1) is 11.2. The van der Waals surface area contributed by atoms with Gasteiger partial charge in [-0.3, -0.25) is 0 Å². The van der Waals surface area contributed by atoms with Gasteiger partial charge in [-0.15, -0.1) is 0 Å². The predicted molar refractivity (Wildman–Crippen MR) is 43.0 cm³/mol. The highest BCUT2D eigenvalue weighted by molar-refractivity contribution is 4.55. The van der Waals surface area contributed by atoms with Crippen LogP contribution >= 0.6 is 0 Å². The summed E-state index contributed by atoms with van der Waals surface area (Å²) in [7, 11) is 0. The molecule has 2 saturated heterocycles. The van der Waals surface area contributed by atoms with E-state index in [9.17, 15) is 0 Å². The molecular weight excluding hydrogens is 160 g/mol. The second-order valence-electron chi connectivity index (χ2n) is 3.03. The maximum atomic E-state index is 3.22. The Morgan fingerprint density at radius 3 is 1.55 bits per heavy atom. The van der Waals surface area contributed by atoms with Crippen LogP contribution in [0.2, 0.25) is 0 Å². The van der Waals surface area contributed by atoms with Crippen LogP contribution in [0.3, 0.4) is 0 Å². The molecule has 2 aliphatic heterocycles. The van der Waals surface area contributed by atoms with Crippen molar-refractivity contribution in [3.8, 4) is 0 Å². The van der Waals surface area contributed by atoms with Gasteiger partial charge in [-0.05, 0) is 25.9 Å². The molecule has 2 fully saturated rings. The minimum absolute atomic E-state index is 0. The van der Waals surface area contributed by atoms with Crippen molar-refractivity contribution in [2.45, 2.75) is 25.7 Å². The van der Waals surface area contributed by atoms with Gasteiger partial charge >= 0.3 is 0 Å². The van der Waals surface area contributed by atoms with Crippen molar-refractivity contribution in [2.24, 2.45) is 0 Å². The van der Waals surface area contributed by atoms with Crippen LogP contribution in [0.15, 0.2) is 0 Å². The number of nitrogens with one attached hydrogen (secondary N) is 1. The lowest BCUT2D eigenvalue weighted by Crippen LogP contribution is -3.00. The molecule has 11 heavy (non-hydrogen) atoms. The Balaban J connectivity index is 0.000000167. The number of nitrogens with two attached hydrogens (primary N) is 1. The Morgan fingerprint density at radius 1 is 0.818 bits per heavy atom. The SMILES string of the molecule is C1CCNC1.C1CC[NH2+]C1.[Cl-]. The van der Waals surface area contributed by atoms with Gasteiger partial charge in [-0.1, -0.05) is 0 Å². The first-order chi connectivity index (χ1) is 5.00. The highest BCUT2D eigenvalue weighted by atomic mass is 35.5. The summed E-state index contributed by atoms with van der Waals surface area (Å²) in [5, 5.41) is 5.58. The molecule has 0 aromatic heterocycles. The van der Waals surface area contributed by atoms with E-state index in [1.807, 2.05) is 0 Å². The van der Waals surface area contributed by atoms with Gasteiger partial charge in [0.1, 0.15) is 0 Å². The summed E-state index contributed by atoms with van der Waals surface area (Å²) in [6, 6.07) is 0. The Morgan fingerprint density at radius 2 is 1.36 bits per heavy atom. The molecule has 0 radical (unpaired) electrons. The van der Waals surface area contributed by atoms with Gasteiger partial charge in [-0.2, -0.15) is 0 Å². The lowest BCUT2D eigenvalue weighted by molar-refractivity contribution is -0.635. The Kier molecular flexibility index (Phi) is 8.47. The maximum absolute atomic E-state index is 3.22. The lowest BCUT2D eigenvalue weighted by atomic mass is 10.4. The molecule has 0 aromatic rings. The van der Waals surface area contributed by atoms with E-state index in [4.69, 9.17) is 0 Å². The van der Waals surface area contributed by atoms with Crippen molar-refractivity contribution in [2.75, 3.05) is 26.2 Å². The van der Waals surface area contributed by atoms with E-state index in [0.717, 1.165) is 0 Å². The molecule has 2 heterocycles. The number of hydrogen-bond donors (Lipinski definition) is 2. The Bertz CT molecular complexity index is 45.3. The van der Waals surface area contributed by atoms with E-state index in [1.165, 1.54) is 51.9 Å². The minimum Gasteiger partial charge on any atom is -1.00 e. The molecule has 3 N–H and O–H groups in total. The van der Waals surface area contributed by atoms with Crippen LogP contribution in [-0.2, 0) is 0 Å². The van der Waals surface area contributed by atoms with E-state index in [1.54, 1.807) is 0 Å². The summed E-state index contributed by atoms with van der Waals surface area (Å²) in [6.07, 6.45) is 5.67. The molecule has 2 rings (SSSR count). The fourth-order valence-electron chi connectivity index (χ4n) is 1.35. The average molecular weight is 179 g/mol. The van der Waals surface area contributed by atoms with Crippen molar-refractivity contribution >= 4 is 0 Å². The highest BCUT2D eigenvalue weighted by Crippen LogP contribution is 1.90. The fourth-order valence-corrected chi connectivity index (χ4v) is 1.35. The van der Waals surface area contributed by atoms with Gasteiger partial charge in [0.25, 0.3) is 0 Å². The average Bonchev–Trinajstić information content (AvgIpc) is 2.67. The van der Waals surface area contributed by atoms with Crippen molar-refractivity contribution < 1.29 is 17.7 Å². The zero-order chi connectivity index (χ0) is 7.07. The number of quaternary nitrogens is 1. The van der Waals surface area contributed by atoms with Gasteiger partial charge in [0.15, 0.2) is 0 Å². The van der Waals surface area contributed by atoms with Crippen LogP contribution in [0, 0.1) is 0 Å². The third-order valence-corrected chi connectivity index (χ3v) is 2.02. The summed E-state index contributed by atoms with van der Waals surface area (Å²) >= 11 is 0. The van der Waals surface area contributed by atoms with E-state index < -0.39 is 0 Å². The van der Waals surface area contributed by atoms with E-state index in [2.05, 4.69) is 10.6 Å². The van der Waals surface area contributed by atoms with Crippen LogP contribution in [-0.4, -0.2) is 26.2 Å². The smallest absolute Gasteiger partial charge is 0.0757 e. The predicted octanol–water partition coefficient (Wildman–Crippen LogP) is -3.28. The third-order valence-electron chi connectivity index (χ3n) is 2.02. The number of halogens is 1. The van der Waals surface area contributed by atoms with Crippen molar-refractivity contribution in [1.29, 1.82) is 0 Å². The van der Waals surface area contributed by atoms with Crippen LogP contribution < -0.4 is 23.0 Å². The van der Waals surface area contributed by atoms with Crippen LogP contribution in [0.5, 0.6) is 0 Å². The standard InChI is InChI=1S/2C4H9N.ClH/c2*1-2-4-5-3-1;/h2*5H,1-4H2;1H. The fraction of sp³-hybridized carbons (Fsp3) is 1.00. The quantitative estimate of drug-likeness (QED) is 0.400. The van der Waals surface area contributed by atoms with Gasteiger partial charge in [0.2, 0.25) is 0 Å². The Labute approximate surface area is 75.5 Å². The molecule has 0 aliphatic carbocycles. The summed E-state index contributed by atoms with van der Waals surface area (Å²) in [5.41, 5.74) is 0. The van der Waals surface area contributed by atoms with E-state index >= 15 is 0 Å². The molecule has 3 heteroatoms. The molecule has 68 valence electrons. The molecule has 2 nitrogen and oxygen atoms in total. The zero-order valence-electron chi connectivity index (χ0n) is 7.11. The first-order valence-electron chi connectivity index (χ1n) is 4.52. The van der Waals surface area contributed by atoms with Gasteiger partial charge in [0.05, 0.1) is 13.1 Å². The largest absolute Gasteiger partial charge is 1.00 e. The van der Waals surface area contributed by atoms with Gasteiger partial charge < -0.3 is 23.0 Å². The zero-order valence-corrected chi connectivity index (χ0v) is 7.87. The van der Waals surface area contributed by atoms with Crippen molar-refractivity contribution in [3.63, 3.8) is 0 Å². The second-order valence-corrected chi connectivity index (χ2v) is 3.03. The minimum atomic E-state index is 0. The van der Waals surface area contributed by atoms with E-state index in [-0.39, 0.29) is 12.4 Å². The first-order valence-corrected chi connectivity index (χ1v) is 4.52. The molecule has 0 amide bonds. The third kappa shape index (κ3) is 6.60. The Hall–Kier alpha value is 0.210. The molecule has 0 unspecified atom stereocenters. The lowest BCUT2D eigenvalue weighted by Gasteiger charge is -1.76. The topological polar surface area (TPSA) is 28.6 Å².